The van der Waals surface area contributed by atoms with Crippen LogP contribution in [0.1, 0.15) is 54.0 Å². The van der Waals surface area contributed by atoms with E-state index in [0.717, 1.165) is 67.2 Å². The van der Waals surface area contributed by atoms with Crippen molar-refractivity contribution in [2.75, 3.05) is 0 Å². The fraction of sp³-hybridized carbons (Fsp3) is 0.0870. The summed E-state index contributed by atoms with van der Waals surface area (Å²) in [6, 6.07) is 114. The molecule has 0 saturated carbocycles. The Balaban J connectivity index is 0.000000324. The largest absolute Gasteiger partial charge is 0.512 e. The summed E-state index contributed by atoms with van der Waals surface area (Å²) in [6.45, 7) is 12.3. The topological polar surface area (TPSA) is 157 Å². The second-order valence-electron chi connectivity index (χ2n) is 23.8. The maximum atomic E-state index is 10.0. The number of para-hydroxylation sites is 1. The van der Waals surface area contributed by atoms with Crippen LogP contribution in [0.25, 0.3) is 94.6 Å². The van der Waals surface area contributed by atoms with Crippen molar-refractivity contribution >= 4 is 33.2 Å². The number of ketones is 2. The van der Waals surface area contributed by atoms with Gasteiger partial charge in [0.2, 0.25) is 0 Å². The molecule has 6 aromatic heterocycles. The number of benzene rings is 9. The third kappa shape index (κ3) is 31.9. The predicted octanol–water partition coefficient (Wildman–Crippen LogP) is 21.7. The Morgan fingerprint density at radius 3 is 1.29 bits per heavy atom. The van der Waals surface area contributed by atoms with E-state index in [9.17, 15) is 9.59 Å². The van der Waals surface area contributed by atoms with Crippen LogP contribution in [0.4, 0.5) is 0 Å². The number of nitrogens with zero attached hydrogens (tertiary/aromatic N) is 7. The van der Waals surface area contributed by atoms with Crippen LogP contribution in [0.2, 0.25) is 0 Å². The average molecular weight is 2310 g/mol. The summed E-state index contributed by atoms with van der Waals surface area (Å²) in [4.78, 5) is 41.7. The third-order valence-corrected chi connectivity index (χ3v) is 14.7. The van der Waals surface area contributed by atoms with Crippen LogP contribution in [-0.2, 0) is 116 Å². The van der Waals surface area contributed by atoms with Gasteiger partial charge in [-0.3, -0.25) is 14.3 Å². The monoisotopic (exact) mass is 2310 g/mol. The van der Waals surface area contributed by atoms with Crippen molar-refractivity contribution in [2.24, 2.45) is 0 Å². The van der Waals surface area contributed by atoms with Gasteiger partial charge >= 0.3 is 0 Å². The molecule has 0 aliphatic rings. The fourth-order valence-corrected chi connectivity index (χ4v) is 9.84. The number of hydrogen-bond donors (Lipinski definition) is 2. The van der Waals surface area contributed by atoms with Crippen molar-refractivity contribution in [3.05, 3.63) is 394 Å². The number of fused-ring (bicyclic) bond motifs is 3. The molecule has 108 heavy (non-hydrogen) atoms. The molecule has 16 heteroatoms. The third-order valence-electron chi connectivity index (χ3n) is 14.7. The Hall–Kier alpha value is -9.87. The number of aliphatic hydroxyl groups is 2. The first-order valence-corrected chi connectivity index (χ1v) is 33.2. The summed E-state index contributed by atoms with van der Waals surface area (Å²) in [7, 11) is 0. The molecule has 15 rings (SSSR count). The van der Waals surface area contributed by atoms with Gasteiger partial charge in [0.05, 0.1) is 11.5 Å². The molecule has 0 atom stereocenters. The van der Waals surface area contributed by atoms with Crippen molar-refractivity contribution < 1.29 is 120 Å². The number of pyridine rings is 5. The summed E-state index contributed by atoms with van der Waals surface area (Å²) in [5.74, 6) is -0.125. The number of aromatic nitrogens is 7. The van der Waals surface area contributed by atoms with E-state index in [-0.39, 0.29) is 129 Å². The van der Waals surface area contributed by atoms with Gasteiger partial charge < -0.3 is 35.1 Å². The quantitative estimate of drug-likeness (QED) is 0.0617. The van der Waals surface area contributed by atoms with Crippen LogP contribution in [0.3, 0.4) is 0 Å². The molecule has 0 amide bonds. The molecular formula is C92H79Ir5N7O4-6. The van der Waals surface area contributed by atoms with Gasteiger partial charge in [0.15, 0.2) is 11.6 Å². The van der Waals surface area contributed by atoms with Crippen molar-refractivity contribution in [1.82, 2.24) is 34.7 Å². The molecule has 15 aromatic rings. The molecule has 2 N–H and O–H groups in total. The maximum absolute atomic E-state index is 10.0. The van der Waals surface area contributed by atoms with E-state index >= 15 is 0 Å². The molecule has 0 aliphatic heterocycles. The van der Waals surface area contributed by atoms with Crippen LogP contribution >= 0.6 is 0 Å². The minimum absolute atomic E-state index is 0. The Kier molecular flexibility index (Phi) is 43.3. The second kappa shape index (κ2) is 50.6. The zero-order valence-corrected chi connectivity index (χ0v) is 72.3. The molecule has 0 unspecified atom stereocenters. The van der Waals surface area contributed by atoms with Gasteiger partial charge in [-0.1, -0.05) is 170 Å². The fourth-order valence-electron chi connectivity index (χ4n) is 9.84. The summed E-state index contributed by atoms with van der Waals surface area (Å²) in [6.07, 6.45) is 15.0. The zero-order chi connectivity index (χ0) is 72.9. The first-order valence-electron chi connectivity index (χ1n) is 33.2. The Morgan fingerprint density at radius 2 is 0.833 bits per heavy atom. The minimum Gasteiger partial charge on any atom is -0.512 e. The van der Waals surface area contributed by atoms with Gasteiger partial charge in [-0.15, -0.1) is 172 Å². The summed E-state index contributed by atoms with van der Waals surface area (Å²) in [5, 5.41) is 24.3. The molecule has 0 saturated heterocycles. The van der Waals surface area contributed by atoms with Gasteiger partial charge in [-0.25, -0.2) is 0 Å². The summed E-state index contributed by atoms with van der Waals surface area (Å²) in [5.41, 5.74) is 16.2. The average Bonchev–Trinajstić information content (AvgIpc) is 0.856. The van der Waals surface area contributed by atoms with Crippen molar-refractivity contribution in [1.29, 1.82) is 0 Å². The first-order chi connectivity index (χ1) is 50.1. The smallest absolute Gasteiger partial charge is 0.155 e. The zero-order valence-electron chi connectivity index (χ0n) is 60.3. The molecule has 0 bridgehead atoms. The molecule has 0 spiro atoms. The summed E-state index contributed by atoms with van der Waals surface area (Å²) >= 11 is 0. The number of allylic oxidation sites excluding steroid dienone is 4. The van der Waals surface area contributed by atoms with Crippen LogP contribution in [0.5, 0.6) is 0 Å². The van der Waals surface area contributed by atoms with Gasteiger partial charge in [0.25, 0.3) is 0 Å². The molecule has 0 aliphatic carbocycles. The van der Waals surface area contributed by atoms with Crippen LogP contribution in [-0.4, -0.2) is 56.5 Å². The number of hydrogen-bond acceptors (Lipinski definition) is 10. The van der Waals surface area contributed by atoms with Gasteiger partial charge in [-0.2, -0.15) is 29.4 Å². The number of carbonyl (C=O) groups is 2. The van der Waals surface area contributed by atoms with Crippen molar-refractivity contribution in [2.45, 2.75) is 53.9 Å². The van der Waals surface area contributed by atoms with Crippen LogP contribution in [0, 0.1) is 36.4 Å². The van der Waals surface area contributed by atoms with E-state index in [2.05, 4.69) is 172 Å². The molecule has 5 radical (unpaired) electrons. The number of rotatable bonds is 9. The normalized spacial score (nSPS) is 10.1. The predicted molar refractivity (Wildman–Crippen MR) is 418 cm³/mol. The Bertz CT molecular complexity index is 4770. The SMILES string of the molecule is CC(=O)C=C(C)O.CC(=O)C=C(C)O.CC(C)(C)c1c[c-]c(-c2ccccn2)cc1.[Ir].[Ir].[Ir].[Ir].[Ir].[c-]1cc(-c2ccccc2)ccc1-c1ccccn1.[c-]1cccc(-c2ccccc2)c1-c1ccccn1.[c-]1cccc2ccc3cccnc3c12.[c-]1ccccc1-c1ccccn1.[c-]1ccccc1-n1cccn1. The number of aliphatic hydroxyl groups excluding tert-OH is 2. The van der Waals surface area contributed by atoms with Crippen molar-refractivity contribution in [3.8, 4) is 73.0 Å². The molecule has 557 valence electrons. The van der Waals surface area contributed by atoms with E-state index in [1.165, 1.54) is 72.9 Å². The second-order valence-corrected chi connectivity index (χ2v) is 23.8. The van der Waals surface area contributed by atoms with Gasteiger partial charge in [0, 0.05) is 156 Å². The Labute approximate surface area is 702 Å². The molecule has 0 fully saturated rings. The minimum atomic E-state index is -0.125. The molecule has 11 nitrogen and oxygen atoms in total. The summed E-state index contributed by atoms with van der Waals surface area (Å²) < 4.78 is 1.78. The van der Waals surface area contributed by atoms with E-state index in [0.29, 0.717) is 0 Å². The van der Waals surface area contributed by atoms with Gasteiger partial charge in [-0.05, 0) is 109 Å². The van der Waals surface area contributed by atoms with E-state index in [1.807, 2.05) is 219 Å². The van der Waals surface area contributed by atoms with Crippen molar-refractivity contribution in [3.63, 3.8) is 0 Å². The van der Waals surface area contributed by atoms with Crippen LogP contribution < -0.4 is 0 Å². The van der Waals surface area contributed by atoms with E-state index in [1.54, 1.807) is 29.5 Å². The van der Waals surface area contributed by atoms with E-state index in [4.69, 9.17) is 10.2 Å². The molecule has 9 aromatic carbocycles. The molecular weight excluding hydrogens is 2230 g/mol. The first kappa shape index (κ1) is 92.3. The number of carbonyl (C=O) groups excluding carboxylic acids is 2. The van der Waals surface area contributed by atoms with E-state index < -0.39 is 0 Å². The Morgan fingerprint density at radius 1 is 0.370 bits per heavy atom. The maximum Gasteiger partial charge on any atom is 0.155 e. The van der Waals surface area contributed by atoms with Gasteiger partial charge in [0.1, 0.15) is 0 Å². The standard InChI is InChI=1S/2C17H12N.C15H16N.C13H8N.C11H8N.C9H7N2.2C5H8O2.5Ir/c1-2-8-14(9-3-1)15-10-4-5-11-16(15)17-12-6-7-13-18-17;1-2-6-14(7-3-1)15-9-11-16(12-10-15)17-8-4-5-13-18-17;1-15(2,3)13-9-7-12(8-10-13)14-6-4-5-11-16-14;1-2-6-12-10(4-1)7-8-11-5-3-9-14-13(11)12;1-2-6-10(7-3-1)11-8-4-5-9-12-11;1-2-5-9(6-3-1)11-8-4-7-10-11;2*1-4(6)3-5(2)7;;;;;/h1-10,12-13H;1-11,13H;4-7,9-11H,1-3H3;1-5,7-9H;1-6,8-9H;1-5,7-8H;2*3,6H,1-2H3;;;;;/q6*-1;;;;;;;. The molecule has 6 heterocycles. The van der Waals surface area contributed by atoms with Crippen LogP contribution in [0.15, 0.2) is 352 Å².